The first-order valence-corrected chi connectivity index (χ1v) is 6.50. The van der Waals surface area contributed by atoms with Crippen LogP contribution in [-0.2, 0) is 9.53 Å². The molecule has 0 atom stereocenters. The lowest BCUT2D eigenvalue weighted by Gasteiger charge is -2.11. The highest BCUT2D eigenvalue weighted by Gasteiger charge is 2.30. The Kier molecular flexibility index (Phi) is 6.39. The fraction of sp³-hybridized carbons (Fsp3) is 0.250. The van der Waals surface area contributed by atoms with Gasteiger partial charge in [0.05, 0.1) is 6.57 Å². The number of halogens is 3. The van der Waals surface area contributed by atoms with Crippen molar-refractivity contribution in [3.8, 4) is 0 Å². The number of ether oxygens (including phenoxy) is 1. The average molecular weight is 324 g/mol. The van der Waals surface area contributed by atoms with Crippen LogP contribution in [0.2, 0.25) is 0 Å². The van der Waals surface area contributed by atoms with E-state index in [4.69, 9.17) is 6.57 Å². The summed E-state index contributed by atoms with van der Waals surface area (Å²) in [5.41, 5.74) is 1.31. The summed E-state index contributed by atoms with van der Waals surface area (Å²) in [5.74, 6) is -1.30. The summed E-state index contributed by atoms with van der Waals surface area (Å²) in [4.78, 5) is 16.1. The molecule has 1 rings (SSSR count). The van der Waals surface area contributed by atoms with E-state index < -0.39 is 24.4 Å². The number of benzene rings is 1. The SMILES string of the molecule is [C-]#[N+]/C(=C\C=C\c1ccc(N(C)C)cc1)C(=O)OCC(F)(F)F. The van der Waals surface area contributed by atoms with E-state index in [0.717, 1.165) is 17.3 Å². The molecule has 0 unspecified atom stereocenters. The summed E-state index contributed by atoms with van der Waals surface area (Å²) < 4.78 is 39.9. The van der Waals surface area contributed by atoms with Gasteiger partial charge in [-0.15, -0.1) is 0 Å². The van der Waals surface area contributed by atoms with E-state index in [0.29, 0.717) is 0 Å². The van der Waals surface area contributed by atoms with E-state index in [1.54, 1.807) is 6.08 Å². The lowest BCUT2D eigenvalue weighted by atomic mass is 10.2. The maximum atomic E-state index is 12.0. The highest BCUT2D eigenvalue weighted by molar-refractivity contribution is 5.90. The van der Waals surface area contributed by atoms with Crippen molar-refractivity contribution < 1.29 is 22.7 Å². The van der Waals surface area contributed by atoms with Gasteiger partial charge in [-0.25, -0.2) is 4.85 Å². The molecule has 0 fully saturated rings. The molecule has 0 radical (unpaired) electrons. The van der Waals surface area contributed by atoms with Crippen molar-refractivity contribution in [2.75, 3.05) is 25.6 Å². The van der Waals surface area contributed by atoms with E-state index in [-0.39, 0.29) is 0 Å². The van der Waals surface area contributed by atoms with Crippen LogP contribution in [0.3, 0.4) is 0 Å². The van der Waals surface area contributed by atoms with Gasteiger partial charge in [0, 0.05) is 19.8 Å². The molecule has 0 aliphatic carbocycles. The van der Waals surface area contributed by atoms with Crippen molar-refractivity contribution in [3.63, 3.8) is 0 Å². The number of nitrogens with zero attached hydrogens (tertiary/aromatic N) is 2. The van der Waals surface area contributed by atoms with Gasteiger partial charge in [0.25, 0.3) is 5.70 Å². The van der Waals surface area contributed by atoms with E-state index in [1.165, 1.54) is 6.08 Å². The Balaban J connectivity index is 2.72. The van der Waals surface area contributed by atoms with E-state index in [9.17, 15) is 18.0 Å². The zero-order chi connectivity index (χ0) is 17.5. The number of rotatable bonds is 5. The van der Waals surface area contributed by atoms with Crippen LogP contribution in [0.4, 0.5) is 18.9 Å². The maximum Gasteiger partial charge on any atom is 0.422 e. The molecule has 0 N–H and O–H groups in total. The number of hydrogen-bond acceptors (Lipinski definition) is 3. The first-order chi connectivity index (χ1) is 10.7. The summed E-state index contributed by atoms with van der Waals surface area (Å²) in [5, 5.41) is 0. The zero-order valence-electron chi connectivity index (χ0n) is 12.6. The quantitative estimate of drug-likeness (QED) is 0.359. The highest BCUT2D eigenvalue weighted by Crippen LogP contribution is 2.16. The first kappa shape index (κ1) is 18.3. The van der Waals surface area contributed by atoms with E-state index in [2.05, 4.69) is 9.58 Å². The summed E-state index contributed by atoms with van der Waals surface area (Å²) in [6.45, 7) is 5.10. The maximum absolute atomic E-state index is 12.0. The van der Waals surface area contributed by atoms with Crippen LogP contribution < -0.4 is 4.90 Å². The molecule has 0 amide bonds. The number of alkyl halides is 3. The van der Waals surface area contributed by atoms with Gasteiger partial charge in [0.15, 0.2) is 6.61 Å². The number of esters is 1. The van der Waals surface area contributed by atoms with Crippen LogP contribution in [0.15, 0.2) is 42.1 Å². The molecule has 122 valence electrons. The van der Waals surface area contributed by atoms with Crippen LogP contribution >= 0.6 is 0 Å². The van der Waals surface area contributed by atoms with Crippen molar-refractivity contribution in [2.45, 2.75) is 6.18 Å². The fourth-order valence-corrected chi connectivity index (χ4v) is 1.51. The number of carbonyl (C=O) groups is 1. The number of carbonyl (C=O) groups excluding carboxylic acids is 1. The molecule has 0 spiro atoms. The molecule has 0 saturated carbocycles. The normalized spacial score (nSPS) is 12.1. The minimum Gasteiger partial charge on any atom is -0.461 e. The monoisotopic (exact) mass is 324 g/mol. The van der Waals surface area contributed by atoms with E-state index >= 15 is 0 Å². The van der Waals surface area contributed by atoms with Crippen LogP contribution in [0.1, 0.15) is 5.56 Å². The predicted molar refractivity (Wildman–Crippen MR) is 81.5 cm³/mol. The Bertz CT molecular complexity index is 639. The highest BCUT2D eigenvalue weighted by atomic mass is 19.4. The minimum atomic E-state index is -4.62. The Morgan fingerprint density at radius 2 is 1.91 bits per heavy atom. The molecule has 7 heteroatoms. The third-order valence-corrected chi connectivity index (χ3v) is 2.65. The third kappa shape index (κ3) is 6.70. The Labute approximate surface area is 132 Å². The molecule has 1 aromatic carbocycles. The van der Waals surface area contributed by atoms with Crippen molar-refractivity contribution in [3.05, 3.63) is 59.1 Å². The molecule has 0 saturated heterocycles. The summed E-state index contributed by atoms with van der Waals surface area (Å²) in [6, 6.07) is 7.44. The van der Waals surface area contributed by atoms with Crippen LogP contribution in [0.5, 0.6) is 0 Å². The molecule has 0 heterocycles. The Morgan fingerprint density at radius 1 is 1.30 bits per heavy atom. The van der Waals surface area contributed by atoms with Crippen molar-refractivity contribution in [1.82, 2.24) is 0 Å². The van der Waals surface area contributed by atoms with Crippen molar-refractivity contribution >= 4 is 17.7 Å². The number of hydrogen-bond donors (Lipinski definition) is 0. The van der Waals surface area contributed by atoms with Gasteiger partial charge in [0.2, 0.25) is 0 Å². The van der Waals surface area contributed by atoms with Crippen molar-refractivity contribution in [1.29, 1.82) is 0 Å². The lowest BCUT2D eigenvalue weighted by molar-refractivity contribution is -0.183. The Morgan fingerprint density at radius 3 is 2.39 bits per heavy atom. The topological polar surface area (TPSA) is 33.9 Å². The molecule has 23 heavy (non-hydrogen) atoms. The van der Waals surface area contributed by atoms with Crippen LogP contribution in [0, 0.1) is 6.57 Å². The van der Waals surface area contributed by atoms with Crippen molar-refractivity contribution in [2.24, 2.45) is 0 Å². The van der Waals surface area contributed by atoms with Gasteiger partial charge in [0.1, 0.15) is 0 Å². The lowest BCUT2D eigenvalue weighted by Crippen LogP contribution is -2.20. The van der Waals surface area contributed by atoms with Gasteiger partial charge < -0.3 is 9.64 Å². The number of anilines is 1. The van der Waals surface area contributed by atoms with Crippen LogP contribution in [0.25, 0.3) is 10.9 Å². The second kappa shape index (κ2) is 8.03. The predicted octanol–water partition coefficient (Wildman–Crippen LogP) is 3.67. The van der Waals surface area contributed by atoms with Gasteiger partial charge in [-0.05, 0) is 23.8 Å². The van der Waals surface area contributed by atoms with Gasteiger partial charge in [-0.2, -0.15) is 13.2 Å². The smallest absolute Gasteiger partial charge is 0.422 e. The standard InChI is InChI=1S/C16H15F3N2O2/c1-20-14(15(22)23-11-16(17,18)19)6-4-5-12-7-9-13(10-8-12)21(2)3/h4-10H,11H2,2-3H3/b5-4+,14-6-. The molecule has 1 aromatic rings. The minimum absolute atomic E-state index is 0.518. The first-order valence-electron chi connectivity index (χ1n) is 6.50. The molecule has 0 aliphatic heterocycles. The third-order valence-electron chi connectivity index (χ3n) is 2.65. The largest absolute Gasteiger partial charge is 0.461 e. The van der Waals surface area contributed by atoms with Gasteiger partial charge in [-0.1, -0.05) is 24.3 Å². The fourth-order valence-electron chi connectivity index (χ4n) is 1.51. The summed E-state index contributed by atoms with van der Waals surface area (Å²) in [7, 11) is 3.81. The van der Waals surface area contributed by atoms with Gasteiger partial charge >= 0.3 is 12.1 Å². The summed E-state index contributed by atoms with van der Waals surface area (Å²) >= 11 is 0. The number of allylic oxidation sites excluding steroid dienone is 2. The molecule has 0 aliphatic rings. The van der Waals surface area contributed by atoms with Crippen LogP contribution in [-0.4, -0.2) is 32.8 Å². The zero-order valence-corrected chi connectivity index (χ0v) is 12.6. The second-order valence-corrected chi connectivity index (χ2v) is 4.70. The molecule has 0 bridgehead atoms. The molecular weight excluding hydrogens is 309 g/mol. The molecular formula is C16H15F3N2O2. The Hall–Kier alpha value is -2.75. The van der Waals surface area contributed by atoms with Gasteiger partial charge in [-0.3, -0.25) is 4.79 Å². The molecule has 0 aromatic heterocycles. The average Bonchev–Trinajstić information content (AvgIpc) is 2.49. The second-order valence-electron chi connectivity index (χ2n) is 4.70. The van der Waals surface area contributed by atoms with E-state index in [1.807, 2.05) is 43.3 Å². The molecule has 4 nitrogen and oxygen atoms in total. The summed E-state index contributed by atoms with van der Waals surface area (Å²) in [6.07, 6.45) is -0.465.